The van der Waals surface area contributed by atoms with E-state index in [0.717, 1.165) is 31.9 Å². The average molecular weight is 363 g/mol. The van der Waals surface area contributed by atoms with Crippen LogP contribution in [-0.4, -0.2) is 73.8 Å². The van der Waals surface area contributed by atoms with Crippen molar-refractivity contribution in [2.75, 3.05) is 50.7 Å². The van der Waals surface area contributed by atoms with Gasteiger partial charge < -0.3 is 19.4 Å². The number of anilines is 1. The third kappa shape index (κ3) is 4.50. The first-order valence-corrected chi connectivity index (χ1v) is 9.18. The van der Waals surface area contributed by atoms with Gasteiger partial charge in [-0.1, -0.05) is 0 Å². The molecule has 0 bridgehead atoms. The highest BCUT2D eigenvalue weighted by Gasteiger charge is 2.29. The third-order valence-electron chi connectivity index (χ3n) is 5.07. The number of piperazine rings is 1. The van der Waals surface area contributed by atoms with Crippen molar-refractivity contribution in [1.29, 1.82) is 0 Å². The second-order valence-electron chi connectivity index (χ2n) is 7.24. The van der Waals surface area contributed by atoms with Gasteiger partial charge in [0, 0.05) is 30.9 Å². The molecule has 1 amide bonds. The predicted molar refractivity (Wildman–Crippen MR) is 97.5 cm³/mol. The number of rotatable bonds is 4. The Bertz CT molecular complexity index is 633. The minimum atomic E-state index is -0.384. The van der Waals surface area contributed by atoms with E-state index >= 15 is 0 Å². The molecular weight excluding hydrogens is 336 g/mol. The lowest BCUT2D eigenvalue weighted by atomic mass is 10.2. The van der Waals surface area contributed by atoms with Gasteiger partial charge in [-0.25, -0.2) is 0 Å². The topological polar surface area (TPSA) is 80.4 Å². The molecule has 0 radical (unpaired) electrons. The van der Waals surface area contributed by atoms with Crippen LogP contribution in [0.25, 0.3) is 0 Å². The maximum Gasteiger partial charge on any atom is 0.277 e. The summed E-state index contributed by atoms with van der Waals surface area (Å²) in [5, 5.41) is 10.8. The number of nitro groups is 1. The van der Waals surface area contributed by atoms with Crippen LogP contribution in [0.2, 0.25) is 0 Å². The molecule has 2 aliphatic rings. The standard InChI is InChI=1S/C18H26N4O4/c1-14-11-21(12-15(2)26-14)18(23)13-19-7-9-20(10-8-19)16-3-5-17(6-4-16)22(24)25/h3-6,14-15H,7-13H2,1-2H3/p+1/t14-,15+. The largest absolute Gasteiger partial charge is 0.372 e. The van der Waals surface area contributed by atoms with Crippen molar-refractivity contribution in [3.8, 4) is 0 Å². The van der Waals surface area contributed by atoms with E-state index in [1.165, 1.54) is 4.90 Å². The summed E-state index contributed by atoms with van der Waals surface area (Å²) in [7, 11) is 0. The number of ether oxygens (including phenoxy) is 1. The van der Waals surface area contributed by atoms with E-state index in [2.05, 4.69) is 4.90 Å². The third-order valence-corrected chi connectivity index (χ3v) is 5.07. The van der Waals surface area contributed by atoms with E-state index < -0.39 is 0 Å². The van der Waals surface area contributed by atoms with Gasteiger partial charge in [0.05, 0.1) is 43.3 Å². The first-order valence-electron chi connectivity index (χ1n) is 9.18. The summed E-state index contributed by atoms with van der Waals surface area (Å²) in [5.41, 5.74) is 1.11. The van der Waals surface area contributed by atoms with Gasteiger partial charge in [-0.3, -0.25) is 14.9 Å². The fourth-order valence-corrected chi connectivity index (χ4v) is 3.75. The molecule has 1 N–H and O–H groups in total. The van der Waals surface area contributed by atoms with Gasteiger partial charge in [0.2, 0.25) is 0 Å². The quantitative estimate of drug-likeness (QED) is 0.599. The molecule has 8 heteroatoms. The summed E-state index contributed by atoms with van der Waals surface area (Å²) in [4.78, 5) is 28.4. The smallest absolute Gasteiger partial charge is 0.277 e. The zero-order valence-corrected chi connectivity index (χ0v) is 15.4. The number of hydrogen-bond donors (Lipinski definition) is 1. The zero-order valence-electron chi connectivity index (χ0n) is 15.4. The normalized spacial score (nSPS) is 24.5. The van der Waals surface area contributed by atoms with Crippen LogP contribution in [0.3, 0.4) is 0 Å². The number of benzene rings is 1. The van der Waals surface area contributed by atoms with Crippen molar-refractivity contribution in [2.24, 2.45) is 0 Å². The Morgan fingerprint density at radius 3 is 2.31 bits per heavy atom. The molecule has 2 saturated heterocycles. The molecule has 142 valence electrons. The van der Waals surface area contributed by atoms with Crippen LogP contribution >= 0.6 is 0 Å². The van der Waals surface area contributed by atoms with Gasteiger partial charge in [-0.05, 0) is 26.0 Å². The second kappa shape index (κ2) is 8.01. The number of morpholine rings is 1. The Kier molecular flexibility index (Phi) is 5.73. The summed E-state index contributed by atoms with van der Waals surface area (Å²) in [6.45, 7) is 9.34. The molecule has 0 aromatic heterocycles. The molecule has 2 fully saturated rings. The van der Waals surface area contributed by atoms with E-state index in [1.54, 1.807) is 24.3 Å². The maximum atomic E-state index is 12.6. The molecule has 1 aromatic rings. The van der Waals surface area contributed by atoms with Crippen molar-refractivity contribution >= 4 is 17.3 Å². The number of quaternary nitrogens is 1. The number of non-ortho nitro benzene ring substituents is 1. The highest BCUT2D eigenvalue weighted by molar-refractivity contribution is 5.77. The molecule has 3 rings (SSSR count). The fraction of sp³-hybridized carbons (Fsp3) is 0.611. The van der Waals surface area contributed by atoms with Crippen LogP contribution in [0, 0.1) is 10.1 Å². The Labute approximate surface area is 153 Å². The Morgan fingerprint density at radius 1 is 1.19 bits per heavy atom. The van der Waals surface area contributed by atoms with Crippen molar-refractivity contribution in [3.63, 3.8) is 0 Å². The molecule has 2 aliphatic heterocycles. The lowest BCUT2D eigenvalue weighted by Crippen LogP contribution is -3.16. The Balaban J connectivity index is 1.49. The van der Waals surface area contributed by atoms with E-state index in [9.17, 15) is 14.9 Å². The summed E-state index contributed by atoms with van der Waals surface area (Å²) in [5.74, 6) is 0.200. The molecule has 0 aliphatic carbocycles. The van der Waals surface area contributed by atoms with Gasteiger partial charge in [-0.2, -0.15) is 0 Å². The highest BCUT2D eigenvalue weighted by atomic mass is 16.6. The van der Waals surface area contributed by atoms with Crippen LogP contribution in [0.15, 0.2) is 24.3 Å². The predicted octanol–water partition coefficient (Wildman–Crippen LogP) is -0.0645. The van der Waals surface area contributed by atoms with Crippen LogP contribution < -0.4 is 9.80 Å². The van der Waals surface area contributed by atoms with E-state index in [-0.39, 0.29) is 28.7 Å². The van der Waals surface area contributed by atoms with Gasteiger partial charge in [-0.15, -0.1) is 0 Å². The molecule has 0 spiro atoms. The van der Waals surface area contributed by atoms with Crippen molar-refractivity contribution in [3.05, 3.63) is 34.4 Å². The first-order chi connectivity index (χ1) is 12.4. The molecule has 26 heavy (non-hydrogen) atoms. The monoisotopic (exact) mass is 363 g/mol. The number of nitrogens with zero attached hydrogens (tertiary/aromatic N) is 3. The summed E-state index contributed by atoms with van der Waals surface area (Å²) in [6.07, 6.45) is 0.188. The highest BCUT2D eigenvalue weighted by Crippen LogP contribution is 2.19. The number of carbonyl (C=O) groups is 1. The van der Waals surface area contributed by atoms with E-state index in [4.69, 9.17) is 4.74 Å². The molecule has 2 atom stereocenters. The van der Waals surface area contributed by atoms with Crippen LogP contribution in [0.4, 0.5) is 11.4 Å². The number of hydrogen-bond acceptors (Lipinski definition) is 5. The number of nitro benzene ring substituents is 1. The SMILES string of the molecule is C[C@@H]1CN(C(=O)C[NH+]2CCN(c3ccc([N+](=O)[O-])cc3)CC2)C[C@H](C)O1. The van der Waals surface area contributed by atoms with Crippen molar-refractivity contribution < 1.29 is 19.4 Å². The second-order valence-corrected chi connectivity index (χ2v) is 7.24. The van der Waals surface area contributed by atoms with Crippen LogP contribution in [0.1, 0.15) is 13.8 Å². The first kappa shape index (κ1) is 18.6. The minimum Gasteiger partial charge on any atom is -0.372 e. The molecular formula is C18H27N4O4+. The van der Waals surface area contributed by atoms with Gasteiger partial charge in [0.25, 0.3) is 11.6 Å². The molecule has 1 aromatic carbocycles. The van der Waals surface area contributed by atoms with Crippen molar-refractivity contribution in [2.45, 2.75) is 26.1 Å². The number of carbonyl (C=O) groups excluding carboxylic acids is 1. The van der Waals surface area contributed by atoms with Crippen LogP contribution in [-0.2, 0) is 9.53 Å². The summed E-state index contributed by atoms with van der Waals surface area (Å²) < 4.78 is 5.69. The summed E-state index contributed by atoms with van der Waals surface area (Å²) >= 11 is 0. The molecule has 8 nitrogen and oxygen atoms in total. The molecule has 0 saturated carbocycles. The van der Waals surface area contributed by atoms with E-state index in [0.29, 0.717) is 19.6 Å². The number of nitrogens with one attached hydrogen (secondary N) is 1. The lowest BCUT2D eigenvalue weighted by molar-refractivity contribution is -0.892. The minimum absolute atomic E-state index is 0.0942. The van der Waals surface area contributed by atoms with Gasteiger partial charge >= 0.3 is 0 Å². The average Bonchev–Trinajstić information content (AvgIpc) is 2.61. The van der Waals surface area contributed by atoms with Gasteiger partial charge in [0.15, 0.2) is 6.54 Å². The zero-order chi connectivity index (χ0) is 18.7. The fourth-order valence-electron chi connectivity index (χ4n) is 3.75. The Hall–Kier alpha value is -2.19. The number of amides is 1. The van der Waals surface area contributed by atoms with Gasteiger partial charge in [0.1, 0.15) is 0 Å². The lowest BCUT2D eigenvalue weighted by Gasteiger charge is -2.37. The molecule has 2 heterocycles. The van der Waals surface area contributed by atoms with Crippen molar-refractivity contribution in [1.82, 2.24) is 4.90 Å². The molecule has 0 unspecified atom stereocenters. The maximum absolute atomic E-state index is 12.6. The Morgan fingerprint density at radius 2 is 1.77 bits per heavy atom. The summed E-state index contributed by atoms with van der Waals surface area (Å²) in [6, 6.07) is 6.67. The van der Waals surface area contributed by atoms with E-state index in [1.807, 2.05) is 18.7 Å². The van der Waals surface area contributed by atoms with Crippen LogP contribution in [0.5, 0.6) is 0 Å².